The van der Waals surface area contributed by atoms with Crippen LogP contribution in [0.1, 0.15) is 5.56 Å². The van der Waals surface area contributed by atoms with Crippen LogP contribution in [0.5, 0.6) is 11.5 Å². The van der Waals surface area contributed by atoms with Crippen molar-refractivity contribution in [2.45, 2.75) is 11.3 Å². The van der Waals surface area contributed by atoms with Gasteiger partial charge in [-0.1, -0.05) is 0 Å². The Bertz CT molecular complexity index is 344. The number of ether oxygens (including phenoxy) is 2. The van der Waals surface area contributed by atoms with Gasteiger partial charge in [0, 0.05) is 12.0 Å². The minimum atomic E-state index is 0.456. The van der Waals surface area contributed by atoms with Crippen molar-refractivity contribution in [1.29, 1.82) is 0 Å². The van der Waals surface area contributed by atoms with Crippen LogP contribution in [0.4, 0.5) is 0 Å². The first-order valence-corrected chi connectivity index (χ1v) is 6.09. The van der Waals surface area contributed by atoms with Gasteiger partial charge in [0.2, 0.25) is 0 Å². The van der Waals surface area contributed by atoms with E-state index >= 15 is 0 Å². The zero-order chi connectivity index (χ0) is 12.0. The molecule has 1 aromatic carbocycles. The van der Waals surface area contributed by atoms with E-state index in [1.807, 2.05) is 18.4 Å². The van der Waals surface area contributed by atoms with Crippen LogP contribution >= 0.6 is 11.8 Å². The third-order valence-corrected chi connectivity index (χ3v) is 3.00. The van der Waals surface area contributed by atoms with Crippen LogP contribution in [-0.4, -0.2) is 27.1 Å². The van der Waals surface area contributed by atoms with Gasteiger partial charge in [-0.3, -0.25) is 0 Å². The van der Waals surface area contributed by atoms with Gasteiger partial charge in [0.25, 0.3) is 0 Å². The van der Waals surface area contributed by atoms with Crippen LogP contribution in [0.15, 0.2) is 17.0 Å². The van der Waals surface area contributed by atoms with Gasteiger partial charge in [-0.05, 0) is 18.4 Å². The first-order valence-electron chi connectivity index (χ1n) is 4.87. The molecule has 0 spiro atoms. The highest BCUT2D eigenvalue weighted by atomic mass is 32.2. The molecule has 2 N–H and O–H groups in total. The van der Waals surface area contributed by atoms with Crippen molar-refractivity contribution in [3.8, 4) is 11.5 Å². The van der Waals surface area contributed by atoms with Crippen LogP contribution in [0.25, 0.3) is 0 Å². The van der Waals surface area contributed by atoms with Gasteiger partial charge in [0.1, 0.15) is 11.5 Å². The summed E-state index contributed by atoms with van der Waals surface area (Å²) in [6.07, 6.45) is 2.70. The van der Waals surface area contributed by atoms with E-state index in [-0.39, 0.29) is 0 Å². The number of methoxy groups -OCH3 is 2. The molecule has 1 aromatic rings. The summed E-state index contributed by atoms with van der Waals surface area (Å²) in [5.41, 5.74) is 1.04. The van der Waals surface area contributed by atoms with Gasteiger partial charge >= 0.3 is 0 Å². The number of hydrogen-bond donors (Lipinski definition) is 1. The number of thioether (sulfide) groups is 1. The van der Waals surface area contributed by atoms with Crippen molar-refractivity contribution >= 4 is 11.8 Å². The van der Waals surface area contributed by atoms with Gasteiger partial charge in [0.05, 0.1) is 25.7 Å². The molecule has 0 fully saturated rings. The van der Waals surface area contributed by atoms with E-state index in [0.29, 0.717) is 13.0 Å². The maximum Gasteiger partial charge on any atom is 0.135 e. The van der Waals surface area contributed by atoms with Crippen molar-refractivity contribution in [2.24, 2.45) is 5.90 Å². The molecule has 0 unspecified atom stereocenters. The molecule has 0 aromatic heterocycles. The Morgan fingerprint density at radius 2 is 2.00 bits per heavy atom. The van der Waals surface area contributed by atoms with Gasteiger partial charge in [0.15, 0.2) is 0 Å². The number of hydrogen-bond acceptors (Lipinski definition) is 5. The van der Waals surface area contributed by atoms with E-state index < -0.39 is 0 Å². The molecule has 5 heteroatoms. The van der Waals surface area contributed by atoms with E-state index in [2.05, 4.69) is 4.84 Å². The maximum atomic E-state index is 5.39. The second kappa shape index (κ2) is 6.62. The molecule has 16 heavy (non-hydrogen) atoms. The molecular formula is C11H17NO3S. The molecule has 0 aliphatic carbocycles. The third-order valence-electron chi connectivity index (χ3n) is 2.25. The predicted octanol–water partition coefficient (Wildman–Crippen LogP) is 1.86. The molecule has 4 nitrogen and oxygen atoms in total. The highest BCUT2D eigenvalue weighted by Gasteiger charge is 2.11. The molecule has 0 amide bonds. The Morgan fingerprint density at radius 1 is 1.25 bits per heavy atom. The molecule has 0 bridgehead atoms. The molecule has 0 radical (unpaired) electrons. The van der Waals surface area contributed by atoms with E-state index in [0.717, 1.165) is 22.0 Å². The van der Waals surface area contributed by atoms with E-state index in [1.54, 1.807) is 26.0 Å². The minimum absolute atomic E-state index is 0.456. The van der Waals surface area contributed by atoms with E-state index in [9.17, 15) is 0 Å². The standard InChI is InChI=1S/C11H17NO3S/c1-13-9-6-8(4-5-15-12)11(14-2)10(7-9)16-3/h6-7H,4-5,12H2,1-3H3. The Hall–Kier alpha value is -0.910. The van der Waals surface area contributed by atoms with Crippen molar-refractivity contribution < 1.29 is 14.3 Å². The van der Waals surface area contributed by atoms with Crippen LogP contribution in [-0.2, 0) is 11.3 Å². The second-order valence-corrected chi connectivity index (χ2v) is 3.99. The van der Waals surface area contributed by atoms with Gasteiger partial charge < -0.3 is 14.3 Å². The summed E-state index contributed by atoms with van der Waals surface area (Å²) in [4.78, 5) is 5.64. The first kappa shape index (κ1) is 13.2. The SMILES string of the molecule is COc1cc(CCON)c(OC)c(SC)c1. The predicted molar refractivity (Wildman–Crippen MR) is 65.2 cm³/mol. The lowest BCUT2D eigenvalue weighted by atomic mass is 10.1. The van der Waals surface area contributed by atoms with Crippen LogP contribution < -0.4 is 15.4 Å². The summed E-state index contributed by atoms with van der Waals surface area (Å²) in [5.74, 6) is 6.71. The monoisotopic (exact) mass is 243 g/mol. The highest BCUT2D eigenvalue weighted by molar-refractivity contribution is 7.98. The van der Waals surface area contributed by atoms with E-state index in [4.69, 9.17) is 15.4 Å². The van der Waals surface area contributed by atoms with Crippen LogP contribution in [0, 0.1) is 0 Å². The molecule has 1 rings (SSSR count). The molecule has 0 heterocycles. The summed E-state index contributed by atoms with van der Waals surface area (Å²) in [6.45, 7) is 0.456. The average Bonchev–Trinajstić information content (AvgIpc) is 2.34. The van der Waals surface area contributed by atoms with Gasteiger partial charge in [-0.25, -0.2) is 5.90 Å². The van der Waals surface area contributed by atoms with Crippen LogP contribution in [0.3, 0.4) is 0 Å². The fourth-order valence-corrected chi connectivity index (χ4v) is 2.12. The van der Waals surface area contributed by atoms with Crippen molar-refractivity contribution in [3.05, 3.63) is 17.7 Å². The topological polar surface area (TPSA) is 53.7 Å². The van der Waals surface area contributed by atoms with Crippen molar-refractivity contribution in [1.82, 2.24) is 0 Å². The van der Waals surface area contributed by atoms with Crippen molar-refractivity contribution in [2.75, 3.05) is 27.1 Å². The lowest BCUT2D eigenvalue weighted by Gasteiger charge is -2.14. The molecule has 0 atom stereocenters. The number of benzene rings is 1. The van der Waals surface area contributed by atoms with Gasteiger partial charge in [-0.15, -0.1) is 11.8 Å². The maximum absolute atomic E-state index is 5.39. The molecule has 0 aliphatic heterocycles. The van der Waals surface area contributed by atoms with Gasteiger partial charge in [-0.2, -0.15) is 0 Å². The Labute approximate surface area is 100 Å². The Kier molecular flexibility index (Phi) is 5.45. The summed E-state index contributed by atoms with van der Waals surface area (Å²) < 4.78 is 10.6. The summed E-state index contributed by atoms with van der Waals surface area (Å²) in [6, 6.07) is 3.90. The summed E-state index contributed by atoms with van der Waals surface area (Å²) in [7, 11) is 3.31. The largest absolute Gasteiger partial charge is 0.497 e. The molecule has 0 aliphatic rings. The summed E-state index contributed by atoms with van der Waals surface area (Å²) in [5, 5.41) is 0. The van der Waals surface area contributed by atoms with E-state index in [1.165, 1.54) is 0 Å². The fraction of sp³-hybridized carbons (Fsp3) is 0.455. The summed E-state index contributed by atoms with van der Waals surface area (Å²) >= 11 is 1.62. The smallest absolute Gasteiger partial charge is 0.135 e. The quantitative estimate of drug-likeness (QED) is 0.610. The lowest BCUT2D eigenvalue weighted by molar-refractivity contribution is 0.140. The second-order valence-electron chi connectivity index (χ2n) is 3.14. The minimum Gasteiger partial charge on any atom is -0.497 e. The van der Waals surface area contributed by atoms with Crippen LogP contribution in [0.2, 0.25) is 0 Å². The molecular weight excluding hydrogens is 226 g/mol. The molecule has 0 saturated heterocycles. The number of rotatable bonds is 6. The lowest BCUT2D eigenvalue weighted by Crippen LogP contribution is -2.05. The highest BCUT2D eigenvalue weighted by Crippen LogP contribution is 2.35. The zero-order valence-corrected chi connectivity index (χ0v) is 10.6. The third kappa shape index (κ3) is 3.04. The fourth-order valence-electron chi connectivity index (χ4n) is 1.49. The Morgan fingerprint density at radius 3 is 2.50 bits per heavy atom. The number of nitrogens with two attached hydrogens (primary N) is 1. The average molecular weight is 243 g/mol. The first-order chi connectivity index (χ1) is 7.76. The molecule has 90 valence electrons. The van der Waals surface area contributed by atoms with Crippen molar-refractivity contribution in [3.63, 3.8) is 0 Å². The zero-order valence-electron chi connectivity index (χ0n) is 9.78. The normalized spacial score (nSPS) is 10.2. The molecule has 0 saturated carbocycles. The Balaban J connectivity index is 3.09.